The predicted molar refractivity (Wildman–Crippen MR) is 68.3 cm³/mol. The van der Waals surface area contributed by atoms with Gasteiger partial charge in [-0.1, -0.05) is 0 Å². The quantitative estimate of drug-likeness (QED) is 0.685. The molecule has 0 spiro atoms. The van der Waals surface area contributed by atoms with E-state index in [2.05, 4.69) is 9.64 Å². The van der Waals surface area contributed by atoms with Gasteiger partial charge in [0, 0.05) is 26.2 Å². The van der Waals surface area contributed by atoms with Crippen LogP contribution in [-0.2, 0) is 14.3 Å². The van der Waals surface area contributed by atoms with Crippen LogP contribution in [0, 0.1) is 0 Å². The minimum absolute atomic E-state index is 0.219. The maximum atomic E-state index is 11.2. The van der Waals surface area contributed by atoms with Crippen molar-refractivity contribution in [1.29, 1.82) is 0 Å². The highest BCUT2D eigenvalue weighted by atomic mass is 16.5. The Hall–Kier alpha value is -0.650. The Kier molecular flexibility index (Phi) is 6.05. The van der Waals surface area contributed by atoms with E-state index in [-0.39, 0.29) is 12.1 Å². The number of esters is 1. The number of aliphatic hydroxyl groups is 1. The summed E-state index contributed by atoms with van der Waals surface area (Å²) in [6.45, 7) is 6.25. The van der Waals surface area contributed by atoms with Crippen LogP contribution >= 0.6 is 0 Å². The highest BCUT2D eigenvalue weighted by Crippen LogP contribution is 2.15. The third kappa shape index (κ3) is 6.33. The number of ether oxygens (including phenoxy) is 2. The Morgan fingerprint density at radius 2 is 2.28 bits per heavy atom. The molecule has 5 nitrogen and oxygen atoms in total. The van der Waals surface area contributed by atoms with Crippen LogP contribution in [0.3, 0.4) is 0 Å². The fraction of sp³-hybridized carbons (Fsp3) is 0.923. The molecule has 1 saturated heterocycles. The molecule has 0 aromatic heterocycles. The van der Waals surface area contributed by atoms with Crippen molar-refractivity contribution in [1.82, 2.24) is 4.90 Å². The summed E-state index contributed by atoms with van der Waals surface area (Å²) in [5.41, 5.74) is -0.769. The van der Waals surface area contributed by atoms with Crippen molar-refractivity contribution in [3.63, 3.8) is 0 Å². The average molecular weight is 259 g/mol. The van der Waals surface area contributed by atoms with Crippen LogP contribution in [0.1, 0.15) is 33.1 Å². The molecule has 0 aromatic rings. The van der Waals surface area contributed by atoms with Gasteiger partial charge in [0.1, 0.15) is 0 Å². The molecule has 5 heteroatoms. The molecule has 1 rings (SSSR count). The fourth-order valence-corrected chi connectivity index (χ4v) is 2.21. The van der Waals surface area contributed by atoms with Crippen molar-refractivity contribution in [2.45, 2.75) is 44.8 Å². The van der Waals surface area contributed by atoms with E-state index in [0.717, 1.165) is 26.0 Å². The van der Waals surface area contributed by atoms with Crippen molar-refractivity contribution in [3.05, 3.63) is 0 Å². The van der Waals surface area contributed by atoms with Gasteiger partial charge < -0.3 is 14.6 Å². The SMILES string of the molecule is COC(=O)CCN(CC1CCCO1)CC(C)(C)O. The molecule has 0 aliphatic carbocycles. The first-order chi connectivity index (χ1) is 8.40. The zero-order chi connectivity index (χ0) is 13.6. The number of methoxy groups -OCH3 is 1. The molecule has 0 bridgehead atoms. The first-order valence-corrected chi connectivity index (χ1v) is 6.54. The lowest BCUT2D eigenvalue weighted by Gasteiger charge is -2.30. The van der Waals surface area contributed by atoms with Gasteiger partial charge in [0.25, 0.3) is 0 Å². The van der Waals surface area contributed by atoms with E-state index in [0.29, 0.717) is 19.5 Å². The second-order valence-electron chi connectivity index (χ2n) is 5.51. The maximum Gasteiger partial charge on any atom is 0.306 e. The lowest BCUT2D eigenvalue weighted by molar-refractivity contribution is -0.141. The molecule has 0 radical (unpaired) electrons. The minimum Gasteiger partial charge on any atom is -0.469 e. The number of rotatable bonds is 7. The molecule has 1 heterocycles. The molecule has 1 aliphatic rings. The number of carbonyl (C=O) groups is 1. The highest BCUT2D eigenvalue weighted by molar-refractivity contribution is 5.69. The van der Waals surface area contributed by atoms with E-state index >= 15 is 0 Å². The Morgan fingerprint density at radius 1 is 1.56 bits per heavy atom. The van der Waals surface area contributed by atoms with Crippen molar-refractivity contribution >= 4 is 5.97 Å². The molecular weight excluding hydrogens is 234 g/mol. The summed E-state index contributed by atoms with van der Waals surface area (Å²) < 4.78 is 10.2. The Balaban J connectivity index is 2.42. The van der Waals surface area contributed by atoms with Crippen molar-refractivity contribution in [2.24, 2.45) is 0 Å². The van der Waals surface area contributed by atoms with Gasteiger partial charge in [-0.05, 0) is 26.7 Å². The summed E-state index contributed by atoms with van der Waals surface area (Å²) in [5, 5.41) is 9.89. The Labute approximate surface area is 109 Å². The van der Waals surface area contributed by atoms with E-state index < -0.39 is 5.60 Å². The summed E-state index contributed by atoms with van der Waals surface area (Å²) in [6.07, 6.45) is 2.72. The van der Waals surface area contributed by atoms with Crippen LogP contribution in [0.25, 0.3) is 0 Å². The monoisotopic (exact) mass is 259 g/mol. The lowest BCUT2D eigenvalue weighted by Crippen LogP contribution is -2.43. The van der Waals surface area contributed by atoms with Gasteiger partial charge >= 0.3 is 5.97 Å². The Bertz CT molecular complexity index is 256. The average Bonchev–Trinajstić information content (AvgIpc) is 2.76. The summed E-state index contributed by atoms with van der Waals surface area (Å²) in [4.78, 5) is 13.3. The molecule has 18 heavy (non-hydrogen) atoms. The predicted octanol–water partition coefficient (Wildman–Crippen LogP) is 0.801. The van der Waals surface area contributed by atoms with Crippen LogP contribution in [0.15, 0.2) is 0 Å². The van der Waals surface area contributed by atoms with Gasteiger partial charge in [0.15, 0.2) is 0 Å². The first kappa shape index (κ1) is 15.4. The van der Waals surface area contributed by atoms with Gasteiger partial charge in [0.05, 0.1) is 25.2 Å². The molecule has 1 atom stereocenters. The van der Waals surface area contributed by atoms with Crippen LogP contribution in [0.4, 0.5) is 0 Å². The second kappa shape index (κ2) is 7.07. The van der Waals surface area contributed by atoms with Crippen LogP contribution in [-0.4, -0.2) is 61.0 Å². The summed E-state index contributed by atoms with van der Waals surface area (Å²) >= 11 is 0. The largest absolute Gasteiger partial charge is 0.469 e. The number of hydrogen-bond acceptors (Lipinski definition) is 5. The van der Waals surface area contributed by atoms with Gasteiger partial charge in [-0.2, -0.15) is 0 Å². The topological polar surface area (TPSA) is 59.0 Å². The molecule has 1 N–H and O–H groups in total. The zero-order valence-electron chi connectivity index (χ0n) is 11.6. The molecule has 0 saturated carbocycles. The van der Waals surface area contributed by atoms with E-state index in [1.165, 1.54) is 7.11 Å². The second-order valence-corrected chi connectivity index (χ2v) is 5.51. The van der Waals surface area contributed by atoms with Gasteiger partial charge in [0.2, 0.25) is 0 Å². The molecule has 1 fully saturated rings. The lowest BCUT2D eigenvalue weighted by atomic mass is 10.1. The standard InChI is InChI=1S/C13H25NO4/c1-13(2,16)10-14(7-6-12(15)17-3)9-11-5-4-8-18-11/h11,16H,4-10H2,1-3H3. The third-order valence-electron chi connectivity index (χ3n) is 2.96. The maximum absolute atomic E-state index is 11.2. The van der Waals surface area contributed by atoms with Gasteiger partial charge in [-0.3, -0.25) is 9.69 Å². The van der Waals surface area contributed by atoms with Crippen LogP contribution in [0.2, 0.25) is 0 Å². The minimum atomic E-state index is -0.769. The molecule has 106 valence electrons. The van der Waals surface area contributed by atoms with Crippen molar-refractivity contribution in [3.8, 4) is 0 Å². The zero-order valence-corrected chi connectivity index (χ0v) is 11.6. The Morgan fingerprint density at radius 3 is 2.78 bits per heavy atom. The van der Waals surface area contributed by atoms with Crippen LogP contribution in [0.5, 0.6) is 0 Å². The van der Waals surface area contributed by atoms with E-state index in [4.69, 9.17) is 4.74 Å². The van der Waals surface area contributed by atoms with E-state index in [1.54, 1.807) is 13.8 Å². The van der Waals surface area contributed by atoms with Crippen molar-refractivity contribution < 1.29 is 19.4 Å². The fourth-order valence-electron chi connectivity index (χ4n) is 2.21. The van der Waals surface area contributed by atoms with Crippen LogP contribution < -0.4 is 0 Å². The number of carbonyl (C=O) groups excluding carboxylic acids is 1. The molecular formula is C13H25NO4. The first-order valence-electron chi connectivity index (χ1n) is 6.54. The highest BCUT2D eigenvalue weighted by Gasteiger charge is 2.24. The smallest absolute Gasteiger partial charge is 0.306 e. The van der Waals surface area contributed by atoms with Gasteiger partial charge in [-0.25, -0.2) is 0 Å². The van der Waals surface area contributed by atoms with E-state index in [9.17, 15) is 9.90 Å². The molecule has 1 aliphatic heterocycles. The summed E-state index contributed by atoms with van der Waals surface area (Å²) in [7, 11) is 1.39. The molecule has 0 aromatic carbocycles. The summed E-state index contributed by atoms with van der Waals surface area (Å²) in [6, 6.07) is 0. The van der Waals surface area contributed by atoms with Crippen molar-refractivity contribution in [2.75, 3.05) is 33.4 Å². The summed E-state index contributed by atoms with van der Waals surface area (Å²) in [5.74, 6) is -0.219. The molecule has 1 unspecified atom stereocenters. The third-order valence-corrected chi connectivity index (χ3v) is 2.96. The van der Waals surface area contributed by atoms with E-state index in [1.807, 2.05) is 0 Å². The number of hydrogen-bond donors (Lipinski definition) is 1. The normalized spacial score (nSPS) is 20.4. The number of nitrogens with zero attached hydrogens (tertiary/aromatic N) is 1. The van der Waals surface area contributed by atoms with Gasteiger partial charge in [-0.15, -0.1) is 0 Å². The molecule has 0 amide bonds.